The first-order chi connectivity index (χ1) is 14.7. The number of hydrogen-bond acceptors (Lipinski definition) is 3. The van der Waals surface area contributed by atoms with Crippen molar-refractivity contribution in [2.24, 2.45) is 4.99 Å². The monoisotopic (exact) mass is 395 g/mol. The SMILES string of the molecule is CCN1CCc2ccc(N=C(c3ccccc3)c3c(O)[nH]c4ccccc34)cc2C1. The molecule has 0 saturated carbocycles. The number of fused-ring (bicyclic) bond motifs is 2. The number of nitrogens with one attached hydrogen (secondary N) is 1. The Hall–Kier alpha value is -3.37. The third-order valence-corrected chi connectivity index (χ3v) is 5.94. The Morgan fingerprint density at radius 1 is 1.00 bits per heavy atom. The molecule has 0 atom stereocenters. The first kappa shape index (κ1) is 18.6. The van der Waals surface area contributed by atoms with Crippen LogP contribution < -0.4 is 0 Å². The smallest absolute Gasteiger partial charge is 0.199 e. The molecule has 1 aliphatic rings. The Morgan fingerprint density at radius 3 is 2.63 bits per heavy atom. The molecule has 30 heavy (non-hydrogen) atoms. The third-order valence-electron chi connectivity index (χ3n) is 5.94. The Balaban J connectivity index is 1.67. The van der Waals surface area contributed by atoms with Crippen LogP contribution in [0.5, 0.6) is 5.88 Å². The summed E-state index contributed by atoms with van der Waals surface area (Å²) in [5, 5.41) is 11.7. The number of para-hydroxylation sites is 1. The zero-order chi connectivity index (χ0) is 20.5. The van der Waals surface area contributed by atoms with Crippen LogP contribution in [0.3, 0.4) is 0 Å². The molecule has 150 valence electrons. The zero-order valence-electron chi connectivity index (χ0n) is 17.1. The fourth-order valence-corrected chi connectivity index (χ4v) is 4.30. The lowest BCUT2D eigenvalue weighted by Gasteiger charge is -2.27. The first-order valence-electron chi connectivity index (χ1n) is 10.5. The van der Waals surface area contributed by atoms with E-state index in [1.165, 1.54) is 11.1 Å². The van der Waals surface area contributed by atoms with Crippen molar-refractivity contribution in [3.05, 3.63) is 95.1 Å². The molecule has 0 spiro atoms. The molecule has 2 N–H and O–H groups in total. The summed E-state index contributed by atoms with van der Waals surface area (Å²) in [7, 11) is 0. The maximum absolute atomic E-state index is 10.8. The van der Waals surface area contributed by atoms with Gasteiger partial charge in [-0.1, -0.05) is 61.5 Å². The fourth-order valence-electron chi connectivity index (χ4n) is 4.30. The summed E-state index contributed by atoms with van der Waals surface area (Å²) in [4.78, 5) is 10.6. The minimum atomic E-state index is 0.147. The standard InChI is InChI=1S/C26H25N3O/c1-2-29-15-14-18-12-13-21(16-20(18)17-29)27-25(19-8-4-3-5-9-19)24-22-10-6-7-11-23(22)28-26(24)30/h3-13,16,28,30H,2,14-15,17H2,1H3. The molecule has 1 aliphatic heterocycles. The normalized spacial score (nSPS) is 14.8. The van der Waals surface area contributed by atoms with E-state index >= 15 is 0 Å². The molecule has 5 rings (SSSR count). The van der Waals surface area contributed by atoms with Crippen molar-refractivity contribution in [1.82, 2.24) is 9.88 Å². The second kappa shape index (κ2) is 7.81. The fraction of sp³-hybridized carbons (Fsp3) is 0.192. The van der Waals surface area contributed by atoms with Crippen molar-refractivity contribution in [3.63, 3.8) is 0 Å². The van der Waals surface area contributed by atoms with Gasteiger partial charge in [0.15, 0.2) is 5.88 Å². The number of likely N-dealkylation sites (N-methyl/N-ethyl adjacent to an activating group) is 1. The summed E-state index contributed by atoms with van der Waals surface area (Å²) in [5.41, 5.74) is 7.06. The molecule has 0 fully saturated rings. The van der Waals surface area contributed by atoms with Crippen LogP contribution in [0.15, 0.2) is 77.8 Å². The summed E-state index contributed by atoms with van der Waals surface area (Å²) in [6.45, 7) is 5.35. The Labute approximate surface area is 176 Å². The topological polar surface area (TPSA) is 51.6 Å². The van der Waals surface area contributed by atoms with E-state index in [0.717, 1.165) is 59.5 Å². The number of rotatable bonds is 4. The van der Waals surface area contributed by atoms with Crippen LogP contribution in [-0.2, 0) is 13.0 Å². The maximum Gasteiger partial charge on any atom is 0.199 e. The highest BCUT2D eigenvalue weighted by Crippen LogP contribution is 2.32. The van der Waals surface area contributed by atoms with Crippen molar-refractivity contribution in [2.75, 3.05) is 13.1 Å². The van der Waals surface area contributed by atoms with Gasteiger partial charge < -0.3 is 10.1 Å². The van der Waals surface area contributed by atoms with Crippen molar-refractivity contribution in [2.45, 2.75) is 19.9 Å². The highest BCUT2D eigenvalue weighted by molar-refractivity contribution is 6.21. The number of hydrogen-bond donors (Lipinski definition) is 2. The zero-order valence-corrected chi connectivity index (χ0v) is 17.1. The van der Waals surface area contributed by atoms with Crippen LogP contribution in [0.1, 0.15) is 29.2 Å². The van der Waals surface area contributed by atoms with E-state index in [1.807, 2.05) is 54.6 Å². The lowest BCUT2D eigenvalue weighted by Crippen LogP contribution is -2.30. The van der Waals surface area contributed by atoms with E-state index in [-0.39, 0.29) is 5.88 Å². The van der Waals surface area contributed by atoms with Gasteiger partial charge in [-0.05, 0) is 42.3 Å². The van der Waals surface area contributed by atoms with Gasteiger partial charge in [-0.3, -0.25) is 4.90 Å². The van der Waals surface area contributed by atoms with Crippen molar-refractivity contribution in [3.8, 4) is 5.88 Å². The van der Waals surface area contributed by atoms with Gasteiger partial charge in [-0.25, -0.2) is 4.99 Å². The van der Waals surface area contributed by atoms with Gasteiger partial charge in [-0.15, -0.1) is 0 Å². The molecule has 4 heteroatoms. The van der Waals surface area contributed by atoms with Crippen LogP contribution in [0.2, 0.25) is 0 Å². The van der Waals surface area contributed by atoms with Gasteiger partial charge in [-0.2, -0.15) is 0 Å². The molecular weight excluding hydrogens is 370 g/mol. The molecule has 2 heterocycles. The van der Waals surface area contributed by atoms with Gasteiger partial charge in [0.2, 0.25) is 0 Å². The van der Waals surface area contributed by atoms with E-state index < -0.39 is 0 Å². The van der Waals surface area contributed by atoms with Crippen LogP contribution in [-0.4, -0.2) is 33.8 Å². The highest BCUT2D eigenvalue weighted by Gasteiger charge is 2.19. The number of benzene rings is 3. The summed E-state index contributed by atoms with van der Waals surface area (Å²) in [6, 6.07) is 24.5. The van der Waals surface area contributed by atoms with Crippen LogP contribution in [0.4, 0.5) is 5.69 Å². The average molecular weight is 396 g/mol. The maximum atomic E-state index is 10.8. The summed E-state index contributed by atoms with van der Waals surface area (Å²) >= 11 is 0. The van der Waals surface area contributed by atoms with Crippen LogP contribution >= 0.6 is 0 Å². The third kappa shape index (κ3) is 3.40. The molecule has 0 saturated heterocycles. The minimum absolute atomic E-state index is 0.147. The van der Waals surface area contributed by atoms with Crippen LogP contribution in [0, 0.1) is 0 Å². The molecule has 0 unspecified atom stereocenters. The number of aromatic amines is 1. The number of H-pyrrole nitrogens is 1. The average Bonchev–Trinajstić information content (AvgIpc) is 3.13. The van der Waals surface area contributed by atoms with Crippen molar-refractivity contribution < 1.29 is 5.11 Å². The molecule has 4 nitrogen and oxygen atoms in total. The summed E-state index contributed by atoms with van der Waals surface area (Å²) in [5.74, 6) is 0.147. The minimum Gasteiger partial charge on any atom is -0.494 e. The van der Waals surface area contributed by atoms with E-state index in [1.54, 1.807) is 0 Å². The van der Waals surface area contributed by atoms with Crippen LogP contribution in [0.25, 0.3) is 10.9 Å². The van der Waals surface area contributed by atoms with E-state index in [9.17, 15) is 5.11 Å². The molecule has 4 aromatic rings. The first-order valence-corrected chi connectivity index (χ1v) is 10.5. The van der Waals surface area contributed by atoms with Gasteiger partial charge in [0, 0.05) is 29.6 Å². The van der Waals surface area contributed by atoms with Gasteiger partial charge in [0.05, 0.1) is 17.0 Å². The van der Waals surface area contributed by atoms with Crippen molar-refractivity contribution >= 4 is 22.3 Å². The van der Waals surface area contributed by atoms with E-state index in [4.69, 9.17) is 4.99 Å². The summed E-state index contributed by atoms with van der Waals surface area (Å²) < 4.78 is 0. The Kier molecular flexibility index (Phi) is 4.85. The predicted octanol–water partition coefficient (Wildman–Crippen LogP) is 5.42. The van der Waals surface area contributed by atoms with Gasteiger partial charge in [0.25, 0.3) is 0 Å². The predicted molar refractivity (Wildman–Crippen MR) is 123 cm³/mol. The largest absolute Gasteiger partial charge is 0.494 e. The van der Waals surface area contributed by atoms with Crippen molar-refractivity contribution in [1.29, 1.82) is 0 Å². The number of aromatic nitrogens is 1. The molecule has 0 bridgehead atoms. The summed E-state index contributed by atoms with van der Waals surface area (Å²) in [6.07, 6.45) is 1.09. The molecule has 0 aliphatic carbocycles. The Bertz CT molecular complexity index is 1220. The van der Waals surface area contributed by atoms with E-state index in [0.29, 0.717) is 0 Å². The molecular formula is C26H25N3O. The lowest BCUT2D eigenvalue weighted by atomic mass is 9.98. The van der Waals surface area contributed by atoms with Gasteiger partial charge >= 0.3 is 0 Å². The molecule has 0 radical (unpaired) electrons. The van der Waals surface area contributed by atoms with E-state index in [2.05, 4.69) is 35.0 Å². The molecule has 3 aromatic carbocycles. The molecule has 0 amide bonds. The lowest BCUT2D eigenvalue weighted by molar-refractivity contribution is 0.268. The number of nitrogens with zero attached hydrogens (tertiary/aromatic N) is 2. The number of aromatic hydroxyl groups is 1. The Morgan fingerprint density at radius 2 is 1.80 bits per heavy atom. The second-order valence-corrected chi connectivity index (χ2v) is 7.79. The molecule has 1 aromatic heterocycles. The van der Waals surface area contributed by atoms with Gasteiger partial charge in [0.1, 0.15) is 0 Å². The second-order valence-electron chi connectivity index (χ2n) is 7.79. The number of aliphatic imine (C=N–C) groups is 1. The quantitative estimate of drug-likeness (QED) is 0.453. The highest BCUT2D eigenvalue weighted by atomic mass is 16.3.